The molecule has 2 aliphatic rings. The zero-order valence-electron chi connectivity index (χ0n) is 17.5. The standard InChI is InChI=1S/C21H27N5O5/c1-2-21(31-15-5-9-30-10-6-15)13-25(7-8-26(21)20(28)29)17-12-23-11-14-3-4-16(19(22)27)24-18(14)17/h3-4,11-12,15H,2,5-10,13H2,1H3,(H2,22,27)(H,28,29). The van der Waals surface area contributed by atoms with Crippen LogP contribution in [-0.4, -0.2) is 76.7 Å². The number of ether oxygens (including phenoxy) is 2. The molecule has 0 bridgehead atoms. The molecule has 4 rings (SSSR count). The van der Waals surface area contributed by atoms with Crippen LogP contribution in [-0.2, 0) is 9.47 Å². The summed E-state index contributed by atoms with van der Waals surface area (Å²) in [4.78, 5) is 35.9. The molecular formula is C21H27N5O5. The summed E-state index contributed by atoms with van der Waals surface area (Å²) in [5.74, 6) is -0.605. The summed E-state index contributed by atoms with van der Waals surface area (Å²) in [5, 5.41) is 10.7. The highest BCUT2D eigenvalue weighted by molar-refractivity contribution is 5.96. The number of nitrogens with zero attached hydrogens (tertiary/aromatic N) is 4. The summed E-state index contributed by atoms with van der Waals surface area (Å²) in [5.41, 5.74) is 5.91. The number of rotatable bonds is 5. The molecule has 10 nitrogen and oxygen atoms in total. The van der Waals surface area contributed by atoms with E-state index in [-0.39, 0.29) is 18.3 Å². The molecule has 31 heavy (non-hydrogen) atoms. The number of piperazine rings is 1. The van der Waals surface area contributed by atoms with E-state index < -0.39 is 17.7 Å². The number of amides is 2. The average molecular weight is 429 g/mol. The summed E-state index contributed by atoms with van der Waals surface area (Å²) in [7, 11) is 0. The highest BCUT2D eigenvalue weighted by Gasteiger charge is 2.46. The van der Waals surface area contributed by atoms with Crippen molar-refractivity contribution in [1.82, 2.24) is 14.9 Å². The van der Waals surface area contributed by atoms with Gasteiger partial charge in [0, 0.05) is 37.9 Å². The van der Waals surface area contributed by atoms with Crippen molar-refractivity contribution in [3.8, 4) is 0 Å². The first kappa shape index (κ1) is 21.3. The molecule has 2 fully saturated rings. The molecular weight excluding hydrogens is 402 g/mol. The first-order chi connectivity index (χ1) is 14.9. The molecule has 2 aromatic rings. The van der Waals surface area contributed by atoms with E-state index in [1.54, 1.807) is 24.5 Å². The van der Waals surface area contributed by atoms with Crippen molar-refractivity contribution in [1.29, 1.82) is 0 Å². The van der Waals surface area contributed by atoms with Crippen molar-refractivity contribution in [2.45, 2.75) is 38.0 Å². The van der Waals surface area contributed by atoms with Gasteiger partial charge in [-0.1, -0.05) is 6.92 Å². The predicted molar refractivity (Wildman–Crippen MR) is 113 cm³/mol. The topological polar surface area (TPSA) is 131 Å². The first-order valence-electron chi connectivity index (χ1n) is 10.5. The van der Waals surface area contributed by atoms with E-state index >= 15 is 0 Å². The Balaban J connectivity index is 1.70. The van der Waals surface area contributed by atoms with E-state index in [2.05, 4.69) is 9.97 Å². The third kappa shape index (κ3) is 4.13. The van der Waals surface area contributed by atoms with Crippen LogP contribution in [0.3, 0.4) is 0 Å². The Hall–Kier alpha value is -2.98. The Bertz CT molecular complexity index is 980. The van der Waals surface area contributed by atoms with Crippen LogP contribution < -0.4 is 10.6 Å². The van der Waals surface area contributed by atoms with Gasteiger partial charge in [-0.15, -0.1) is 0 Å². The number of primary amides is 1. The lowest BCUT2D eigenvalue weighted by atomic mass is 10.0. The lowest BCUT2D eigenvalue weighted by Gasteiger charge is -2.51. The molecule has 0 saturated carbocycles. The number of aromatic nitrogens is 2. The number of carbonyl (C=O) groups excluding carboxylic acids is 1. The van der Waals surface area contributed by atoms with Gasteiger partial charge >= 0.3 is 6.09 Å². The zero-order valence-corrected chi connectivity index (χ0v) is 17.5. The van der Waals surface area contributed by atoms with Crippen molar-refractivity contribution >= 4 is 28.6 Å². The van der Waals surface area contributed by atoms with Gasteiger partial charge in [0.2, 0.25) is 0 Å². The van der Waals surface area contributed by atoms with Gasteiger partial charge in [-0.3, -0.25) is 14.7 Å². The molecule has 2 aliphatic heterocycles. The molecule has 2 amide bonds. The molecule has 0 aliphatic carbocycles. The quantitative estimate of drug-likeness (QED) is 0.736. The van der Waals surface area contributed by atoms with Crippen molar-refractivity contribution in [3.05, 3.63) is 30.2 Å². The van der Waals surface area contributed by atoms with Gasteiger partial charge in [0.1, 0.15) is 5.69 Å². The summed E-state index contributed by atoms with van der Waals surface area (Å²) in [6.45, 7) is 4.20. The van der Waals surface area contributed by atoms with E-state index in [4.69, 9.17) is 15.2 Å². The Morgan fingerprint density at radius 1 is 1.29 bits per heavy atom. The van der Waals surface area contributed by atoms with Gasteiger partial charge in [0.15, 0.2) is 5.72 Å². The molecule has 2 saturated heterocycles. The maximum Gasteiger partial charge on any atom is 0.409 e. The predicted octanol–water partition coefficient (Wildman–Crippen LogP) is 1.83. The smallest absolute Gasteiger partial charge is 0.409 e. The second kappa shape index (κ2) is 8.64. The van der Waals surface area contributed by atoms with Gasteiger partial charge in [-0.25, -0.2) is 9.78 Å². The van der Waals surface area contributed by atoms with Gasteiger partial charge in [-0.05, 0) is 31.4 Å². The Morgan fingerprint density at radius 2 is 2.06 bits per heavy atom. The lowest BCUT2D eigenvalue weighted by Crippen LogP contribution is -2.66. The van der Waals surface area contributed by atoms with Crippen molar-refractivity contribution in [2.24, 2.45) is 5.73 Å². The number of anilines is 1. The van der Waals surface area contributed by atoms with Crippen molar-refractivity contribution in [3.63, 3.8) is 0 Å². The fraction of sp³-hybridized carbons (Fsp3) is 0.524. The largest absolute Gasteiger partial charge is 0.465 e. The van der Waals surface area contributed by atoms with E-state index in [1.165, 1.54) is 4.90 Å². The van der Waals surface area contributed by atoms with E-state index in [0.717, 1.165) is 23.9 Å². The third-order valence-corrected chi connectivity index (χ3v) is 6.03. The number of carboxylic acid groups (broad SMARTS) is 1. The first-order valence-corrected chi connectivity index (χ1v) is 10.5. The number of pyridine rings is 2. The minimum absolute atomic E-state index is 0.0688. The van der Waals surface area contributed by atoms with Crippen LogP contribution >= 0.6 is 0 Å². The molecule has 1 unspecified atom stereocenters. The van der Waals surface area contributed by atoms with Crippen LogP contribution in [0.2, 0.25) is 0 Å². The zero-order chi connectivity index (χ0) is 22.0. The monoisotopic (exact) mass is 429 g/mol. The molecule has 0 radical (unpaired) electrons. The van der Waals surface area contributed by atoms with Gasteiger partial charge < -0.3 is 25.2 Å². The Morgan fingerprint density at radius 3 is 2.74 bits per heavy atom. The van der Waals surface area contributed by atoms with Crippen LogP contribution in [0.4, 0.5) is 10.5 Å². The van der Waals surface area contributed by atoms with Crippen molar-refractivity contribution in [2.75, 3.05) is 37.7 Å². The van der Waals surface area contributed by atoms with E-state index in [1.807, 2.05) is 11.8 Å². The summed E-state index contributed by atoms with van der Waals surface area (Å²) in [6.07, 6.45) is 4.25. The molecule has 2 aromatic heterocycles. The summed E-state index contributed by atoms with van der Waals surface area (Å²) in [6, 6.07) is 3.33. The Labute approximate surface area is 179 Å². The van der Waals surface area contributed by atoms with Crippen LogP contribution in [0.15, 0.2) is 24.5 Å². The Kier molecular flexibility index (Phi) is 5.92. The maximum atomic E-state index is 12.1. The highest BCUT2D eigenvalue weighted by atomic mass is 16.5. The van der Waals surface area contributed by atoms with Gasteiger partial charge in [0.05, 0.1) is 30.0 Å². The molecule has 0 spiro atoms. The minimum atomic E-state index is -1.00. The molecule has 10 heteroatoms. The highest BCUT2D eigenvalue weighted by Crippen LogP contribution is 2.34. The fourth-order valence-electron chi connectivity index (χ4n) is 4.35. The number of fused-ring (bicyclic) bond motifs is 1. The van der Waals surface area contributed by atoms with Crippen LogP contribution in [0.5, 0.6) is 0 Å². The lowest BCUT2D eigenvalue weighted by molar-refractivity contribution is -0.192. The fourth-order valence-corrected chi connectivity index (χ4v) is 4.35. The van der Waals surface area contributed by atoms with Crippen molar-refractivity contribution < 1.29 is 24.2 Å². The molecule has 3 N–H and O–H groups in total. The second-order valence-electron chi connectivity index (χ2n) is 7.88. The number of hydrogen-bond donors (Lipinski definition) is 2. The molecule has 4 heterocycles. The second-order valence-corrected chi connectivity index (χ2v) is 7.88. The minimum Gasteiger partial charge on any atom is -0.465 e. The van der Waals surface area contributed by atoms with E-state index in [0.29, 0.717) is 38.2 Å². The van der Waals surface area contributed by atoms with Crippen LogP contribution in [0.1, 0.15) is 36.7 Å². The number of nitrogens with two attached hydrogens (primary N) is 1. The van der Waals surface area contributed by atoms with Gasteiger partial charge in [0.25, 0.3) is 5.91 Å². The summed E-state index contributed by atoms with van der Waals surface area (Å²) >= 11 is 0. The maximum absolute atomic E-state index is 12.1. The normalized spacial score (nSPS) is 22.6. The number of hydrogen-bond acceptors (Lipinski definition) is 7. The van der Waals surface area contributed by atoms with Gasteiger partial charge in [-0.2, -0.15) is 0 Å². The molecule has 1 atom stereocenters. The van der Waals surface area contributed by atoms with E-state index in [9.17, 15) is 14.7 Å². The van der Waals surface area contributed by atoms with Crippen LogP contribution in [0.25, 0.3) is 10.9 Å². The average Bonchev–Trinajstić information content (AvgIpc) is 2.78. The molecule has 166 valence electrons. The molecule has 0 aromatic carbocycles. The van der Waals surface area contributed by atoms with Crippen LogP contribution in [0, 0.1) is 0 Å². The number of carbonyl (C=O) groups is 2. The summed E-state index contributed by atoms with van der Waals surface area (Å²) < 4.78 is 11.9. The SMILES string of the molecule is CCC1(OC2CCOCC2)CN(c2cncc3ccc(C(N)=O)nc23)CCN1C(=O)O. The third-order valence-electron chi connectivity index (χ3n) is 6.03.